The average molecular weight is 406 g/mol. The maximum absolute atomic E-state index is 13.1. The van der Waals surface area contributed by atoms with Crippen molar-refractivity contribution in [1.29, 1.82) is 0 Å². The van der Waals surface area contributed by atoms with Gasteiger partial charge in [-0.15, -0.1) is 6.58 Å². The maximum Gasteiger partial charge on any atom is 0.335 e. The van der Waals surface area contributed by atoms with Crippen molar-refractivity contribution in [1.82, 2.24) is 5.32 Å². The molecule has 1 aliphatic heterocycles. The van der Waals surface area contributed by atoms with Gasteiger partial charge in [-0.2, -0.15) is 0 Å². The number of ether oxygens (including phenoxy) is 2. The molecule has 7 heteroatoms. The van der Waals surface area contributed by atoms with Crippen LogP contribution in [0.1, 0.15) is 16.7 Å². The smallest absolute Gasteiger partial charge is 0.335 e. The lowest BCUT2D eigenvalue weighted by Gasteiger charge is -2.27. The summed E-state index contributed by atoms with van der Waals surface area (Å²) in [4.78, 5) is 38.9. The Balaban J connectivity index is 2.10. The lowest BCUT2D eigenvalue weighted by molar-refractivity contribution is -0.122. The molecule has 0 unspecified atom stereocenters. The number of rotatable bonds is 6. The van der Waals surface area contributed by atoms with Crippen molar-refractivity contribution in [2.45, 2.75) is 13.3 Å². The van der Waals surface area contributed by atoms with E-state index in [4.69, 9.17) is 9.47 Å². The van der Waals surface area contributed by atoms with Gasteiger partial charge in [-0.05, 0) is 48.7 Å². The third-order valence-corrected chi connectivity index (χ3v) is 4.71. The summed E-state index contributed by atoms with van der Waals surface area (Å²) in [5, 5.41) is 2.23. The van der Waals surface area contributed by atoms with E-state index in [1.165, 1.54) is 20.3 Å². The highest BCUT2D eigenvalue weighted by Gasteiger charge is 2.37. The van der Waals surface area contributed by atoms with Crippen LogP contribution in [0.5, 0.6) is 11.5 Å². The fraction of sp³-hybridized carbons (Fsp3) is 0.174. The number of barbiturate groups is 1. The number of amides is 4. The van der Waals surface area contributed by atoms with Gasteiger partial charge in [0.05, 0.1) is 19.9 Å². The predicted molar refractivity (Wildman–Crippen MR) is 114 cm³/mol. The second kappa shape index (κ2) is 8.65. The summed E-state index contributed by atoms with van der Waals surface area (Å²) in [7, 11) is 3.04. The molecule has 0 saturated carbocycles. The van der Waals surface area contributed by atoms with Gasteiger partial charge in [0.15, 0.2) is 11.5 Å². The van der Waals surface area contributed by atoms with E-state index in [0.717, 1.165) is 16.0 Å². The van der Waals surface area contributed by atoms with Crippen molar-refractivity contribution in [2.75, 3.05) is 19.1 Å². The van der Waals surface area contributed by atoms with E-state index in [0.29, 0.717) is 29.2 Å². The Morgan fingerprint density at radius 3 is 2.47 bits per heavy atom. The zero-order valence-corrected chi connectivity index (χ0v) is 17.0. The number of nitrogens with one attached hydrogen (secondary N) is 1. The fourth-order valence-electron chi connectivity index (χ4n) is 3.31. The van der Waals surface area contributed by atoms with E-state index >= 15 is 0 Å². The van der Waals surface area contributed by atoms with Crippen LogP contribution in [0.2, 0.25) is 0 Å². The van der Waals surface area contributed by atoms with Crippen molar-refractivity contribution < 1.29 is 23.9 Å². The highest BCUT2D eigenvalue weighted by Crippen LogP contribution is 2.34. The van der Waals surface area contributed by atoms with E-state index in [9.17, 15) is 14.4 Å². The van der Waals surface area contributed by atoms with E-state index in [1.807, 2.05) is 0 Å². The van der Waals surface area contributed by atoms with Crippen LogP contribution in [0, 0.1) is 6.92 Å². The first-order valence-corrected chi connectivity index (χ1v) is 9.24. The van der Waals surface area contributed by atoms with Crippen LogP contribution in [0.3, 0.4) is 0 Å². The normalized spacial score (nSPS) is 15.2. The Hall–Kier alpha value is -3.87. The summed E-state index contributed by atoms with van der Waals surface area (Å²) in [5.74, 6) is -0.442. The summed E-state index contributed by atoms with van der Waals surface area (Å²) in [6.07, 6.45) is 3.65. The molecule has 1 saturated heterocycles. The molecule has 1 aliphatic rings. The Kier molecular flexibility index (Phi) is 6.01. The van der Waals surface area contributed by atoms with Gasteiger partial charge in [-0.25, -0.2) is 9.69 Å². The number of methoxy groups -OCH3 is 2. The number of imide groups is 2. The number of nitrogens with zero attached hydrogens (tertiary/aromatic N) is 1. The molecule has 0 bridgehead atoms. The van der Waals surface area contributed by atoms with Crippen LogP contribution in [-0.2, 0) is 16.0 Å². The largest absolute Gasteiger partial charge is 0.493 e. The molecule has 4 amide bonds. The number of hydrogen-bond acceptors (Lipinski definition) is 5. The van der Waals surface area contributed by atoms with Gasteiger partial charge in [-0.3, -0.25) is 14.9 Å². The molecule has 0 spiro atoms. The Morgan fingerprint density at radius 2 is 1.83 bits per heavy atom. The van der Waals surface area contributed by atoms with E-state index in [-0.39, 0.29) is 5.57 Å². The molecule has 1 fully saturated rings. The van der Waals surface area contributed by atoms with Crippen LogP contribution in [0.15, 0.2) is 54.6 Å². The van der Waals surface area contributed by atoms with E-state index in [2.05, 4.69) is 11.9 Å². The summed E-state index contributed by atoms with van der Waals surface area (Å²) >= 11 is 0. The van der Waals surface area contributed by atoms with Gasteiger partial charge < -0.3 is 9.47 Å². The number of benzene rings is 2. The minimum atomic E-state index is -0.781. The highest BCUT2D eigenvalue weighted by molar-refractivity contribution is 6.39. The fourth-order valence-corrected chi connectivity index (χ4v) is 3.31. The summed E-state index contributed by atoms with van der Waals surface area (Å²) in [6, 6.07) is 9.62. The van der Waals surface area contributed by atoms with Crippen molar-refractivity contribution in [2.24, 2.45) is 0 Å². The van der Waals surface area contributed by atoms with Gasteiger partial charge in [0, 0.05) is 5.56 Å². The second-order valence-corrected chi connectivity index (χ2v) is 6.65. The number of carbonyl (C=O) groups excluding carboxylic acids is 3. The first-order chi connectivity index (χ1) is 14.4. The third kappa shape index (κ3) is 3.82. The molecule has 30 heavy (non-hydrogen) atoms. The minimum absolute atomic E-state index is 0.158. The van der Waals surface area contributed by atoms with Gasteiger partial charge in [0.25, 0.3) is 11.8 Å². The van der Waals surface area contributed by atoms with Gasteiger partial charge in [0.1, 0.15) is 5.57 Å². The number of allylic oxidation sites excluding steroid dienone is 1. The number of para-hydroxylation sites is 1. The molecule has 1 N–H and O–H groups in total. The Morgan fingerprint density at radius 1 is 1.10 bits per heavy atom. The Labute approximate surface area is 174 Å². The first kappa shape index (κ1) is 20.9. The lowest BCUT2D eigenvalue weighted by Crippen LogP contribution is -2.54. The van der Waals surface area contributed by atoms with Gasteiger partial charge in [-0.1, -0.05) is 24.3 Å². The average Bonchev–Trinajstić information content (AvgIpc) is 2.72. The van der Waals surface area contributed by atoms with E-state index < -0.39 is 17.8 Å². The predicted octanol–water partition coefficient (Wildman–Crippen LogP) is 3.41. The standard InChI is InChI=1S/C23H22N2O5/c1-5-8-16-11-15(13-19(29-3)20(16)30-4)12-17-21(26)24-23(28)25(22(17)27)18-10-7-6-9-14(18)2/h5-7,9-13H,1,8H2,2-4H3,(H,24,26,28)/b17-12+. The molecule has 1 heterocycles. The summed E-state index contributed by atoms with van der Waals surface area (Å²) in [5.41, 5.74) is 2.33. The molecule has 2 aromatic carbocycles. The molecular weight excluding hydrogens is 384 g/mol. The number of urea groups is 1. The zero-order chi connectivity index (χ0) is 21.8. The number of aryl methyl sites for hydroxylation is 1. The monoisotopic (exact) mass is 406 g/mol. The molecule has 2 aromatic rings. The van der Waals surface area contributed by atoms with Crippen molar-refractivity contribution in [3.05, 3.63) is 71.3 Å². The lowest BCUT2D eigenvalue weighted by atomic mass is 10.0. The Bertz CT molecular complexity index is 1070. The van der Waals surface area contributed by atoms with Gasteiger partial charge in [0.2, 0.25) is 0 Å². The van der Waals surface area contributed by atoms with Gasteiger partial charge >= 0.3 is 6.03 Å². The highest BCUT2D eigenvalue weighted by atomic mass is 16.5. The SMILES string of the molecule is C=CCc1cc(/C=C2\C(=O)NC(=O)N(c3ccccc3C)C2=O)cc(OC)c1OC. The van der Waals surface area contributed by atoms with Crippen molar-refractivity contribution in [3.63, 3.8) is 0 Å². The van der Waals surface area contributed by atoms with Crippen LogP contribution in [-0.4, -0.2) is 32.1 Å². The van der Waals surface area contributed by atoms with Crippen LogP contribution >= 0.6 is 0 Å². The first-order valence-electron chi connectivity index (χ1n) is 9.24. The zero-order valence-electron chi connectivity index (χ0n) is 17.0. The molecular formula is C23H22N2O5. The maximum atomic E-state index is 13.1. The molecule has 0 atom stereocenters. The van der Waals surface area contributed by atoms with E-state index in [1.54, 1.807) is 49.4 Å². The minimum Gasteiger partial charge on any atom is -0.493 e. The quantitative estimate of drug-likeness (QED) is 0.451. The molecule has 0 radical (unpaired) electrons. The number of anilines is 1. The molecule has 0 aliphatic carbocycles. The van der Waals surface area contributed by atoms with Crippen LogP contribution in [0.4, 0.5) is 10.5 Å². The third-order valence-electron chi connectivity index (χ3n) is 4.71. The van der Waals surface area contributed by atoms with Crippen molar-refractivity contribution >= 4 is 29.6 Å². The molecule has 154 valence electrons. The van der Waals surface area contributed by atoms with Crippen LogP contribution < -0.4 is 19.7 Å². The summed E-state index contributed by atoms with van der Waals surface area (Å²) < 4.78 is 10.8. The second-order valence-electron chi connectivity index (χ2n) is 6.65. The molecule has 7 nitrogen and oxygen atoms in total. The number of carbonyl (C=O) groups is 3. The van der Waals surface area contributed by atoms with Crippen LogP contribution in [0.25, 0.3) is 6.08 Å². The molecule has 3 rings (SSSR count). The number of hydrogen-bond donors (Lipinski definition) is 1. The summed E-state index contributed by atoms with van der Waals surface area (Å²) in [6.45, 7) is 5.53. The molecule has 0 aromatic heterocycles. The van der Waals surface area contributed by atoms with Crippen molar-refractivity contribution in [3.8, 4) is 11.5 Å². The topological polar surface area (TPSA) is 84.9 Å².